The first-order valence-electron chi connectivity index (χ1n) is 9.51. The van der Waals surface area contributed by atoms with Gasteiger partial charge in [0.15, 0.2) is 16.7 Å². The Kier molecular flexibility index (Phi) is 6.77. The highest BCUT2D eigenvalue weighted by atomic mass is 79.9. The molecule has 3 aromatic rings. The molecule has 1 saturated heterocycles. The fourth-order valence-electron chi connectivity index (χ4n) is 2.91. The molecular formula is C23H18BrN3O4S. The van der Waals surface area contributed by atoms with E-state index in [9.17, 15) is 9.90 Å². The van der Waals surface area contributed by atoms with Crippen LogP contribution in [0.25, 0.3) is 6.08 Å². The number of furan rings is 1. The summed E-state index contributed by atoms with van der Waals surface area (Å²) in [6, 6.07) is 16.1. The molecule has 0 spiro atoms. The van der Waals surface area contributed by atoms with Gasteiger partial charge < -0.3 is 14.3 Å². The molecule has 0 unspecified atom stereocenters. The molecule has 1 amide bonds. The molecule has 1 fully saturated rings. The fraction of sp³-hybridized carbons (Fsp3) is 0.0870. The van der Waals surface area contributed by atoms with Crippen LogP contribution < -0.4 is 4.74 Å². The molecule has 2 heterocycles. The van der Waals surface area contributed by atoms with Gasteiger partial charge in [0.25, 0.3) is 5.91 Å². The topological polar surface area (TPSA) is 87.6 Å². The number of hydrogen-bond donors (Lipinski definition) is 1. The number of rotatable bonds is 6. The number of amidine groups is 1. The van der Waals surface area contributed by atoms with E-state index in [4.69, 9.17) is 9.15 Å². The first-order valence-corrected chi connectivity index (χ1v) is 11.1. The van der Waals surface area contributed by atoms with E-state index in [-0.39, 0.29) is 18.2 Å². The van der Waals surface area contributed by atoms with E-state index in [0.717, 1.165) is 10.0 Å². The molecule has 1 N–H and O–H groups in total. The number of amides is 1. The summed E-state index contributed by atoms with van der Waals surface area (Å²) in [6.45, 7) is 0.238. The summed E-state index contributed by atoms with van der Waals surface area (Å²) in [4.78, 5) is 15.1. The van der Waals surface area contributed by atoms with E-state index >= 15 is 0 Å². The van der Waals surface area contributed by atoms with Crippen molar-refractivity contribution in [2.45, 2.75) is 6.54 Å². The van der Waals surface area contributed by atoms with Gasteiger partial charge in [-0.3, -0.25) is 9.69 Å². The second-order valence-corrected chi connectivity index (χ2v) is 8.62. The van der Waals surface area contributed by atoms with Crippen molar-refractivity contribution in [2.24, 2.45) is 10.2 Å². The van der Waals surface area contributed by atoms with Crippen LogP contribution in [-0.2, 0) is 11.3 Å². The molecular weight excluding hydrogens is 494 g/mol. The predicted octanol–water partition coefficient (Wildman–Crippen LogP) is 5.26. The maximum atomic E-state index is 13.1. The highest BCUT2D eigenvalue weighted by molar-refractivity contribution is 9.10. The van der Waals surface area contributed by atoms with Crippen LogP contribution in [-0.4, -0.2) is 34.4 Å². The van der Waals surface area contributed by atoms with Crippen LogP contribution in [0, 0.1) is 0 Å². The maximum Gasteiger partial charge on any atom is 0.267 e. The highest BCUT2D eigenvalue weighted by Crippen LogP contribution is 2.35. The molecule has 7 nitrogen and oxygen atoms in total. The lowest BCUT2D eigenvalue weighted by Crippen LogP contribution is -2.28. The average molecular weight is 512 g/mol. The minimum absolute atomic E-state index is 0.0315. The van der Waals surface area contributed by atoms with E-state index in [1.807, 2.05) is 24.3 Å². The number of hydrogen-bond acceptors (Lipinski definition) is 7. The van der Waals surface area contributed by atoms with E-state index in [2.05, 4.69) is 26.1 Å². The Morgan fingerprint density at radius 1 is 1.19 bits per heavy atom. The molecule has 0 atom stereocenters. The van der Waals surface area contributed by atoms with Crippen molar-refractivity contribution in [1.82, 2.24) is 4.90 Å². The van der Waals surface area contributed by atoms with Crippen molar-refractivity contribution in [2.75, 3.05) is 7.11 Å². The number of nitrogens with zero attached hydrogens (tertiary/aromatic N) is 3. The van der Waals surface area contributed by atoms with Gasteiger partial charge in [0.2, 0.25) is 0 Å². The van der Waals surface area contributed by atoms with Crippen LogP contribution in [0.2, 0.25) is 0 Å². The Morgan fingerprint density at radius 3 is 2.69 bits per heavy atom. The van der Waals surface area contributed by atoms with Crippen LogP contribution in [0.5, 0.6) is 11.5 Å². The van der Waals surface area contributed by atoms with Gasteiger partial charge in [-0.2, -0.15) is 5.10 Å². The Hall–Kier alpha value is -3.30. The van der Waals surface area contributed by atoms with E-state index < -0.39 is 0 Å². The largest absolute Gasteiger partial charge is 0.504 e. The summed E-state index contributed by atoms with van der Waals surface area (Å²) in [6.07, 6.45) is 4.91. The smallest absolute Gasteiger partial charge is 0.267 e. The molecule has 0 saturated carbocycles. The Labute approximate surface area is 197 Å². The maximum absolute atomic E-state index is 13.1. The van der Waals surface area contributed by atoms with Gasteiger partial charge in [-0.25, -0.2) is 0 Å². The first-order chi connectivity index (χ1) is 15.5. The van der Waals surface area contributed by atoms with Gasteiger partial charge in [0.1, 0.15) is 5.76 Å². The molecule has 1 aliphatic heterocycles. The van der Waals surface area contributed by atoms with E-state index in [0.29, 0.717) is 27.1 Å². The number of methoxy groups -OCH3 is 1. The summed E-state index contributed by atoms with van der Waals surface area (Å²) in [5, 5.41) is 18.7. The number of benzene rings is 2. The molecule has 9 heteroatoms. The number of thioether (sulfide) groups is 1. The van der Waals surface area contributed by atoms with Gasteiger partial charge in [0.05, 0.1) is 31.0 Å². The van der Waals surface area contributed by atoms with Crippen molar-refractivity contribution in [3.05, 3.63) is 87.1 Å². The van der Waals surface area contributed by atoms with Gasteiger partial charge in [-0.05, 0) is 65.4 Å². The second-order valence-electron chi connectivity index (χ2n) is 6.69. The molecule has 162 valence electrons. The third-order valence-electron chi connectivity index (χ3n) is 4.50. The summed E-state index contributed by atoms with van der Waals surface area (Å²) in [5.41, 5.74) is 1.60. The zero-order chi connectivity index (χ0) is 22.5. The normalized spacial score (nSPS) is 16.6. The summed E-state index contributed by atoms with van der Waals surface area (Å²) in [5.74, 6) is 0.784. The monoisotopic (exact) mass is 511 g/mol. The van der Waals surface area contributed by atoms with Crippen molar-refractivity contribution in [1.29, 1.82) is 0 Å². The van der Waals surface area contributed by atoms with Crippen LogP contribution in [0.4, 0.5) is 0 Å². The molecule has 2 aromatic carbocycles. The quantitative estimate of drug-likeness (QED) is 0.277. The van der Waals surface area contributed by atoms with Crippen molar-refractivity contribution in [3.8, 4) is 11.5 Å². The van der Waals surface area contributed by atoms with Crippen molar-refractivity contribution >= 4 is 51.1 Å². The summed E-state index contributed by atoms with van der Waals surface area (Å²) in [7, 11) is 1.47. The lowest BCUT2D eigenvalue weighted by Gasteiger charge is -2.12. The minimum atomic E-state index is -0.212. The number of halogens is 1. The molecule has 1 aliphatic rings. The van der Waals surface area contributed by atoms with Gasteiger partial charge in [0, 0.05) is 4.47 Å². The van der Waals surface area contributed by atoms with Crippen LogP contribution in [0.3, 0.4) is 0 Å². The molecule has 4 rings (SSSR count). The van der Waals surface area contributed by atoms with Gasteiger partial charge in [-0.15, -0.1) is 5.10 Å². The predicted molar refractivity (Wildman–Crippen MR) is 129 cm³/mol. The Bertz CT molecular complexity index is 1200. The fourth-order valence-corrected chi connectivity index (χ4v) is 4.11. The lowest BCUT2D eigenvalue weighted by molar-refractivity contribution is -0.122. The van der Waals surface area contributed by atoms with Crippen molar-refractivity contribution in [3.63, 3.8) is 0 Å². The van der Waals surface area contributed by atoms with Gasteiger partial charge >= 0.3 is 0 Å². The molecule has 1 aromatic heterocycles. The Balaban J connectivity index is 1.62. The van der Waals surface area contributed by atoms with Crippen molar-refractivity contribution < 1.29 is 19.1 Å². The van der Waals surface area contributed by atoms with E-state index in [1.54, 1.807) is 42.8 Å². The number of aromatic hydroxyl groups is 1. The summed E-state index contributed by atoms with van der Waals surface area (Å²) < 4.78 is 11.5. The molecule has 0 bridgehead atoms. The standard InChI is InChI=1S/C23H18BrN3O4S/c1-30-20-11-16(6-9-19(20)28)12-21-22(29)27(14-18-3-2-10-31-18)23(32-21)26-25-13-15-4-7-17(24)8-5-15/h2-13,28H,14H2,1H3/b21-12-,25-13+,26-23-. The minimum Gasteiger partial charge on any atom is -0.504 e. The van der Waals surface area contributed by atoms with Crippen LogP contribution in [0.1, 0.15) is 16.9 Å². The third kappa shape index (κ3) is 5.12. The third-order valence-corrected chi connectivity index (χ3v) is 6.03. The average Bonchev–Trinajstić information content (AvgIpc) is 3.41. The first kappa shape index (κ1) is 21.9. The molecule has 0 aliphatic carbocycles. The zero-order valence-corrected chi connectivity index (χ0v) is 19.3. The Morgan fingerprint density at radius 2 is 1.97 bits per heavy atom. The molecule has 0 radical (unpaired) electrons. The second kappa shape index (κ2) is 9.88. The van der Waals surface area contributed by atoms with Crippen LogP contribution >= 0.6 is 27.7 Å². The van der Waals surface area contributed by atoms with Crippen LogP contribution in [0.15, 0.2) is 84.9 Å². The number of phenolic OH excluding ortho intramolecular Hbond substituents is 1. The number of phenols is 1. The van der Waals surface area contributed by atoms with Gasteiger partial charge in [-0.1, -0.05) is 34.1 Å². The number of carbonyl (C=O) groups excluding carboxylic acids is 1. The SMILES string of the molecule is COc1cc(/C=C2\S/C(=N\N=C\c3ccc(Br)cc3)N(Cc3ccco3)C2=O)ccc1O. The summed E-state index contributed by atoms with van der Waals surface area (Å²) >= 11 is 4.62. The number of ether oxygens (including phenoxy) is 1. The zero-order valence-electron chi connectivity index (χ0n) is 16.9. The van der Waals surface area contributed by atoms with E-state index in [1.165, 1.54) is 29.8 Å². The number of carbonyl (C=O) groups is 1. The lowest BCUT2D eigenvalue weighted by atomic mass is 10.2. The molecule has 32 heavy (non-hydrogen) atoms. The highest BCUT2D eigenvalue weighted by Gasteiger charge is 2.34.